The first-order valence-corrected chi connectivity index (χ1v) is 7.28. The predicted molar refractivity (Wildman–Crippen MR) is 76.6 cm³/mol. The highest BCUT2D eigenvalue weighted by atomic mass is 35.5. The van der Waals surface area contributed by atoms with Crippen molar-refractivity contribution in [3.8, 4) is 5.75 Å². The van der Waals surface area contributed by atoms with Gasteiger partial charge in [0, 0.05) is 12.4 Å². The van der Waals surface area contributed by atoms with E-state index < -0.39 is 0 Å². The molecular formula is C15H20ClNO2. The van der Waals surface area contributed by atoms with Crippen molar-refractivity contribution in [1.29, 1.82) is 0 Å². The summed E-state index contributed by atoms with van der Waals surface area (Å²) in [5.41, 5.74) is 1.11. The summed E-state index contributed by atoms with van der Waals surface area (Å²) in [5, 5.41) is 2.99. The number of ether oxygens (including phenoxy) is 1. The van der Waals surface area contributed by atoms with E-state index in [-0.39, 0.29) is 11.8 Å². The molecule has 2 atom stereocenters. The minimum atomic E-state index is -0.0851. The molecule has 1 heterocycles. The van der Waals surface area contributed by atoms with Gasteiger partial charge in [0.25, 0.3) is 0 Å². The Kier molecular flexibility index (Phi) is 5.08. The van der Waals surface area contributed by atoms with E-state index in [1.165, 1.54) is 0 Å². The van der Waals surface area contributed by atoms with E-state index in [2.05, 4.69) is 12.2 Å². The molecule has 1 aromatic rings. The molecular weight excluding hydrogens is 262 g/mol. The standard InChI is InChI=1S/C15H20ClNO2/c1-11(6-7-16)9-17-15(18)13-8-12-4-2-3-5-14(12)19-10-13/h2-5,11,13H,6-10H2,1H3,(H,17,18). The van der Waals surface area contributed by atoms with Crippen LogP contribution in [0.3, 0.4) is 0 Å². The number of fused-ring (bicyclic) bond motifs is 1. The van der Waals surface area contributed by atoms with E-state index in [0.717, 1.165) is 24.2 Å². The first-order chi connectivity index (χ1) is 9.20. The van der Waals surface area contributed by atoms with Crippen LogP contribution >= 0.6 is 11.6 Å². The molecule has 0 aromatic heterocycles. The summed E-state index contributed by atoms with van der Waals surface area (Å²) in [5.74, 6) is 1.95. The third-order valence-electron chi connectivity index (χ3n) is 3.48. The van der Waals surface area contributed by atoms with Gasteiger partial charge in [0.15, 0.2) is 0 Å². The number of benzene rings is 1. The first kappa shape index (κ1) is 14.2. The van der Waals surface area contributed by atoms with Crippen LogP contribution in [0.1, 0.15) is 18.9 Å². The zero-order valence-electron chi connectivity index (χ0n) is 11.2. The van der Waals surface area contributed by atoms with Crippen LogP contribution in [0.2, 0.25) is 0 Å². The smallest absolute Gasteiger partial charge is 0.226 e. The van der Waals surface area contributed by atoms with E-state index in [1.54, 1.807) is 0 Å². The van der Waals surface area contributed by atoms with Gasteiger partial charge in [-0.3, -0.25) is 4.79 Å². The molecule has 1 aromatic carbocycles. The average Bonchev–Trinajstić information content (AvgIpc) is 2.44. The summed E-state index contributed by atoms with van der Waals surface area (Å²) in [6, 6.07) is 7.90. The number of amides is 1. The Balaban J connectivity index is 1.85. The van der Waals surface area contributed by atoms with Crippen molar-refractivity contribution in [2.45, 2.75) is 19.8 Å². The number of alkyl halides is 1. The number of hydrogen-bond donors (Lipinski definition) is 1. The lowest BCUT2D eigenvalue weighted by atomic mass is 9.96. The largest absolute Gasteiger partial charge is 0.492 e. The summed E-state index contributed by atoms with van der Waals surface area (Å²) in [7, 11) is 0. The van der Waals surface area contributed by atoms with Crippen molar-refractivity contribution < 1.29 is 9.53 Å². The zero-order chi connectivity index (χ0) is 13.7. The molecule has 2 rings (SSSR count). The second-order valence-corrected chi connectivity index (χ2v) is 5.53. The lowest BCUT2D eigenvalue weighted by molar-refractivity contribution is -0.126. The third-order valence-corrected chi connectivity index (χ3v) is 3.69. The fourth-order valence-corrected chi connectivity index (χ4v) is 2.58. The van der Waals surface area contributed by atoms with Crippen LogP contribution in [0.25, 0.3) is 0 Å². The van der Waals surface area contributed by atoms with Gasteiger partial charge in [-0.1, -0.05) is 25.1 Å². The Morgan fingerprint density at radius 2 is 2.32 bits per heavy atom. The van der Waals surface area contributed by atoms with E-state index in [0.29, 0.717) is 24.9 Å². The van der Waals surface area contributed by atoms with Crippen molar-refractivity contribution in [1.82, 2.24) is 5.32 Å². The normalized spacial score (nSPS) is 19.2. The molecule has 1 N–H and O–H groups in total. The lowest BCUT2D eigenvalue weighted by Gasteiger charge is -2.25. The van der Waals surface area contributed by atoms with Crippen LogP contribution in [0.4, 0.5) is 0 Å². The second-order valence-electron chi connectivity index (χ2n) is 5.15. The van der Waals surface area contributed by atoms with Crippen LogP contribution in [-0.4, -0.2) is 24.9 Å². The number of carbonyl (C=O) groups is 1. The van der Waals surface area contributed by atoms with E-state index in [1.807, 2.05) is 24.3 Å². The molecule has 1 aliphatic heterocycles. The summed E-state index contributed by atoms with van der Waals surface area (Å²) in [6.07, 6.45) is 1.68. The first-order valence-electron chi connectivity index (χ1n) is 6.75. The molecule has 0 saturated carbocycles. The molecule has 0 bridgehead atoms. The van der Waals surface area contributed by atoms with Gasteiger partial charge in [-0.2, -0.15) is 0 Å². The molecule has 0 fully saturated rings. The van der Waals surface area contributed by atoms with Crippen molar-refractivity contribution >= 4 is 17.5 Å². The van der Waals surface area contributed by atoms with Crippen LogP contribution in [0, 0.1) is 11.8 Å². The third kappa shape index (κ3) is 3.87. The summed E-state index contributed by atoms with van der Waals surface area (Å²) in [6.45, 7) is 3.24. The Morgan fingerprint density at radius 3 is 3.11 bits per heavy atom. The van der Waals surface area contributed by atoms with Gasteiger partial charge < -0.3 is 10.1 Å². The van der Waals surface area contributed by atoms with Crippen LogP contribution in [0.5, 0.6) is 5.75 Å². The van der Waals surface area contributed by atoms with E-state index in [4.69, 9.17) is 16.3 Å². The Labute approximate surface area is 119 Å². The number of halogens is 1. The van der Waals surface area contributed by atoms with Crippen LogP contribution in [0.15, 0.2) is 24.3 Å². The predicted octanol–water partition coefficient (Wildman–Crippen LogP) is 2.62. The highest BCUT2D eigenvalue weighted by molar-refractivity contribution is 6.17. The Hall–Kier alpha value is -1.22. The molecule has 0 spiro atoms. The maximum Gasteiger partial charge on any atom is 0.226 e. The summed E-state index contributed by atoms with van der Waals surface area (Å²) < 4.78 is 5.63. The number of para-hydroxylation sites is 1. The molecule has 2 unspecified atom stereocenters. The average molecular weight is 282 g/mol. The number of rotatable bonds is 5. The van der Waals surface area contributed by atoms with Gasteiger partial charge in [0.2, 0.25) is 5.91 Å². The molecule has 0 saturated heterocycles. The fraction of sp³-hybridized carbons (Fsp3) is 0.533. The van der Waals surface area contributed by atoms with Gasteiger partial charge in [0.1, 0.15) is 12.4 Å². The number of hydrogen-bond acceptors (Lipinski definition) is 2. The molecule has 19 heavy (non-hydrogen) atoms. The maximum atomic E-state index is 12.1. The monoisotopic (exact) mass is 281 g/mol. The maximum absolute atomic E-state index is 12.1. The quantitative estimate of drug-likeness (QED) is 0.843. The summed E-state index contributed by atoms with van der Waals surface area (Å²) >= 11 is 5.68. The Bertz CT molecular complexity index is 436. The van der Waals surface area contributed by atoms with Gasteiger partial charge in [0.05, 0.1) is 5.92 Å². The highest BCUT2D eigenvalue weighted by Gasteiger charge is 2.25. The minimum absolute atomic E-state index is 0.0796. The van der Waals surface area contributed by atoms with Crippen molar-refractivity contribution in [2.75, 3.05) is 19.0 Å². The topological polar surface area (TPSA) is 38.3 Å². The molecule has 4 heteroatoms. The van der Waals surface area contributed by atoms with Gasteiger partial charge in [-0.05, 0) is 30.4 Å². The zero-order valence-corrected chi connectivity index (χ0v) is 12.0. The summed E-state index contributed by atoms with van der Waals surface area (Å²) in [4.78, 5) is 12.1. The Morgan fingerprint density at radius 1 is 1.53 bits per heavy atom. The van der Waals surface area contributed by atoms with E-state index in [9.17, 15) is 4.79 Å². The highest BCUT2D eigenvalue weighted by Crippen LogP contribution is 2.26. The van der Waals surface area contributed by atoms with Crippen molar-refractivity contribution in [3.05, 3.63) is 29.8 Å². The lowest BCUT2D eigenvalue weighted by Crippen LogP contribution is -2.39. The molecule has 104 valence electrons. The van der Waals surface area contributed by atoms with Gasteiger partial charge >= 0.3 is 0 Å². The minimum Gasteiger partial charge on any atom is -0.492 e. The van der Waals surface area contributed by atoms with Crippen LogP contribution in [-0.2, 0) is 11.2 Å². The van der Waals surface area contributed by atoms with Crippen molar-refractivity contribution in [2.24, 2.45) is 11.8 Å². The molecule has 0 radical (unpaired) electrons. The molecule has 3 nitrogen and oxygen atoms in total. The SMILES string of the molecule is CC(CCCl)CNC(=O)C1COc2ccccc2C1. The van der Waals surface area contributed by atoms with Gasteiger partial charge in [-0.25, -0.2) is 0 Å². The number of carbonyl (C=O) groups excluding carboxylic acids is 1. The van der Waals surface area contributed by atoms with Crippen molar-refractivity contribution in [3.63, 3.8) is 0 Å². The van der Waals surface area contributed by atoms with Gasteiger partial charge in [-0.15, -0.1) is 11.6 Å². The number of nitrogens with one attached hydrogen (secondary N) is 1. The molecule has 0 aliphatic carbocycles. The van der Waals surface area contributed by atoms with E-state index >= 15 is 0 Å². The van der Waals surface area contributed by atoms with Crippen LogP contribution < -0.4 is 10.1 Å². The fourth-order valence-electron chi connectivity index (χ4n) is 2.20. The molecule has 1 amide bonds. The second kappa shape index (κ2) is 6.80. The molecule has 1 aliphatic rings.